The minimum Gasteiger partial charge on any atom is -0.354 e. The number of rotatable bonds is 3. The number of nitrogens with one attached hydrogen (secondary N) is 1. The summed E-state index contributed by atoms with van der Waals surface area (Å²) in [4.78, 5) is 17.5. The SMILES string of the molecule is CCN(C(C)=O)c1ccccc1-c1cccc2c1[nH]c1ccccc12. The maximum absolute atomic E-state index is 12.1. The van der Waals surface area contributed by atoms with Gasteiger partial charge in [0.1, 0.15) is 0 Å². The van der Waals surface area contributed by atoms with E-state index in [4.69, 9.17) is 0 Å². The van der Waals surface area contributed by atoms with Crippen LogP contribution in [0.4, 0.5) is 5.69 Å². The molecule has 0 saturated carbocycles. The average molecular weight is 328 g/mol. The van der Waals surface area contributed by atoms with Gasteiger partial charge in [0.2, 0.25) is 5.91 Å². The van der Waals surface area contributed by atoms with Crippen LogP contribution in [0, 0.1) is 0 Å². The van der Waals surface area contributed by atoms with E-state index >= 15 is 0 Å². The molecule has 0 bridgehead atoms. The summed E-state index contributed by atoms with van der Waals surface area (Å²) in [6.07, 6.45) is 0. The van der Waals surface area contributed by atoms with Gasteiger partial charge >= 0.3 is 0 Å². The normalized spacial score (nSPS) is 11.1. The van der Waals surface area contributed by atoms with E-state index in [2.05, 4.69) is 47.4 Å². The van der Waals surface area contributed by atoms with E-state index in [0.717, 1.165) is 27.8 Å². The fourth-order valence-electron chi connectivity index (χ4n) is 3.60. The number of H-pyrrole nitrogens is 1. The van der Waals surface area contributed by atoms with Crippen LogP contribution in [-0.2, 0) is 4.79 Å². The third-order valence-corrected chi connectivity index (χ3v) is 4.72. The molecule has 1 amide bonds. The molecule has 0 radical (unpaired) electrons. The molecule has 0 aliphatic heterocycles. The van der Waals surface area contributed by atoms with Crippen molar-refractivity contribution >= 4 is 33.4 Å². The van der Waals surface area contributed by atoms with Gasteiger partial charge in [0.05, 0.1) is 11.2 Å². The highest BCUT2D eigenvalue weighted by Gasteiger charge is 2.17. The third kappa shape index (κ3) is 2.49. The molecule has 0 fully saturated rings. The number of aromatic nitrogens is 1. The van der Waals surface area contributed by atoms with Crippen molar-refractivity contribution in [3.8, 4) is 11.1 Å². The quantitative estimate of drug-likeness (QED) is 0.540. The van der Waals surface area contributed by atoms with Crippen LogP contribution < -0.4 is 4.90 Å². The fourth-order valence-corrected chi connectivity index (χ4v) is 3.60. The van der Waals surface area contributed by atoms with Gasteiger partial charge < -0.3 is 9.88 Å². The number of hydrogen-bond acceptors (Lipinski definition) is 1. The molecule has 0 unspecified atom stereocenters. The van der Waals surface area contributed by atoms with Crippen LogP contribution >= 0.6 is 0 Å². The van der Waals surface area contributed by atoms with Gasteiger partial charge in [-0.3, -0.25) is 4.79 Å². The first-order valence-corrected chi connectivity index (χ1v) is 8.57. The molecule has 1 N–H and O–H groups in total. The number of amides is 1. The van der Waals surface area contributed by atoms with Crippen molar-refractivity contribution in [2.24, 2.45) is 0 Å². The van der Waals surface area contributed by atoms with Crippen molar-refractivity contribution in [3.05, 3.63) is 66.7 Å². The van der Waals surface area contributed by atoms with Crippen molar-refractivity contribution in [2.75, 3.05) is 11.4 Å². The number of hydrogen-bond donors (Lipinski definition) is 1. The number of aromatic amines is 1. The molecule has 3 heteroatoms. The Hall–Kier alpha value is -3.07. The van der Waals surface area contributed by atoms with Gasteiger partial charge in [-0.05, 0) is 19.1 Å². The molecular weight excluding hydrogens is 308 g/mol. The van der Waals surface area contributed by atoms with Crippen molar-refractivity contribution in [1.82, 2.24) is 4.98 Å². The summed E-state index contributed by atoms with van der Waals surface area (Å²) in [5.41, 5.74) is 5.36. The number of nitrogens with zero attached hydrogens (tertiary/aromatic N) is 1. The summed E-state index contributed by atoms with van der Waals surface area (Å²) >= 11 is 0. The van der Waals surface area contributed by atoms with E-state index < -0.39 is 0 Å². The van der Waals surface area contributed by atoms with E-state index in [9.17, 15) is 4.79 Å². The standard InChI is InChI=1S/C22H20N2O/c1-3-24(15(2)25)21-14-7-5-10-17(21)19-12-8-11-18-16-9-4-6-13-20(16)23-22(18)19/h4-14,23H,3H2,1-2H3. The lowest BCUT2D eigenvalue weighted by Gasteiger charge is -2.22. The number of fused-ring (bicyclic) bond motifs is 3. The number of carbonyl (C=O) groups is 1. The highest BCUT2D eigenvalue weighted by Crippen LogP contribution is 2.37. The Morgan fingerprint density at radius 3 is 2.36 bits per heavy atom. The van der Waals surface area contributed by atoms with E-state index in [1.807, 2.05) is 36.1 Å². The van der Waals surface area contributed by atoms with Gasteiger partial charge in [0.15, 0.2) is 0 Å². The molecule has 124 valence electrons. The number of carbonyl (C=O) groups excluding carboxylic acids is 1. The minimum atomic E-state index is 0.0544. The van der Waals surface area contributed by atoms with Crippen LogP contribution in [0.2, 0.25) is 0 Å². The molecule has 4 rings (SSSR count). The lowest BCUT2D eigenvalue weighted by atomic mass is 9.99. The lowest BCUT2D eigenvalue weighted by molar-refractivity contribution is -0.116. The molecule has 25 heavy (non-hydrogen) atoms. The molecule has 1 heterocycles. The Morgan fingerprint density at radius 2 is 1.56 bits per heavy atom. The Morgan fingerprint density at radius 1 is 0.880 bits per heavy atom. The Kier molecular flexibility index (Phi) is 3.77. The number of para-hydroxylation sites is 3. The van der Waals surface area contributed by atoms with Crippen molar-refractivity contribution < 1.29 is 4.79 Å². The zero-order chi connectivity index (χ0) is 17.4. The molecular formula is C22H20N2O. The van der Waals surface area contributed by atoms with Gasteiger partial charge in [-0.15, -0.1) is 0 Å². The van der Waals surface area contributed by atoms with E-state index in [1.165, 1.54) is 10.8 Å². The first-order valence-electron chi connectivity index (χ1n) is 8.57. The first-order chi connectivity index (χ1) is 12.2. The molecule has 1 aromatic heterocycles. The van der Waals surface area contributed by atoms with Crippen LogP contribution in [0.3, 0.4) is 0 Å². The van der Waals surface area contributed by atoms with Gasteiger partial charge in [0.25, 0.3) is 0 Å². The maximum atomic E-state index is 12.1. The second-order valence-corrected chi connectivity index (χ2v) is 6.18. The largest absolute Gasteiger partial charge is 0.354 e. The monoisotopic (exact) mass is 328 g/mol. The molecule has 0 aliphatic rings. The van der Waals surface area contributed by atoms with Crippen LogP contribution in [0.1, 0.15) is 13.8 Å². The zero-order valence-electron chi connectivity index (χ0n) is 14.4. The van der Waals surface area contributed by atoms with Crippen molar-refractivity contribution in [2.45, 2.75) is 13.8 Å². The van der Waals surface area contributed by atoms with Gasteiger partial charge in [-0.25, -0.2) is 0 Å². The van der Waals surface area contributed by atoms with Gasteiger partial charge in [-0.1, -0.05) is 54.6 Å². The second-order valence-electron chi connectivity index (χ2n) is 6.18. The summed E-state index contributed by atoms with van der Waals surface area (Å²) in [5.74, 6) is 0.0544. The lowest BCUT2D eigenvalue weighted by Crippen LogP contribution is -2.28. The predicted octanol–water partition coefficient (Wildman–Crippen LogP) is 5.36. The highest BCUT2D eigenvalue weighted by atomic mass is 16.2. The van der Waals surface area contributed by atoms with Crippen LogP contribution in [-0.4, -0.2) is 17.4 Å². The van der Waals surface area contributed by atoms with Crippen LogP contribution in [0.15, 0.2) is 66.7 Å². The Bertz CT molecular complexity index is 1080. The fraction of sp³-hybridized carbons (Fsp3) is 0.136. The van der Waals surface area contributed by atoms with E-state index in [1.54, 1.807) is 6.92 Å². The number of anilines is 1. The van der Waals surface area contributed by atoms with Crippen LogP contribution in [0.25, 0.3) is 32.9 Å². The molecule has 3 nitrogen and oxygen atoms in total. The number of benzene rings is 3. The zero-order valence-corrected chi connectivity index (χ0v) is 14.4. The van der Waals surface area contributed by atoms with Crippen molar-refractivity contribution in [3.63, 3.8) is 0 Å². The minimum absolute atomic E-state index is 0.0544. The second kappa shape index (κ2) is 6.10. The summed E-state index contributed by atoms with van der Waals surface area (Å²) in [7, 11) is 0. The average Bonchev–Trinajstić information content (AvgIpc) is 3.01. The Labute approximate surface area is 146 Å². The van der Waals surface area contributed by atoms with E-state index in [0.29, 0.717) is 6.54 Å². The van der Waals surface area contributed by atoms with Gasteiger partial charge in [-0.2, -0.15) is 0 Å². The summed E-state index contributed by atoms with van der Waals surface area (Å²) in [6.45, 7) is 4.26. The van der Waals surface area contributed by atoms with Crippen molar-refractivity contribution in [1.29, 1.82) is 0 Å². The molecule has 0 spiro atoms. The summed E-state index contributed by atoms with van der Waals surface area (Å²) < 4.78 is 0. The predicted molar refractivity (Wildman–Crippen MR) is 105 cm³/mol. The highest BCUT2D eigenvalue weighted by molar-refractivity contribution is 6.13. The molecule has 0 atom stereocenters. The third-order valence-electron chi connectivity index (χ3n) is 4.72. The maximum Gasteiger partial charge on any atom is 0.223 e. The van der Waals surface area contributed by atoms with Gasteiger partial charge in [0, 0.05) is 40.9 Å². The Balaban J connectivity index is 2.02. The summed E-state index contributed by atoms with van der Waals surface area (Å²) in [6, 6.07) is 22.8. The smallest absolute Gasteiger partial charge is 0.223 e. The van der Waals surface area contributed by atoms with E-state index in [-0.39, 0.29) is 5.91 Å². The molecule has 4 aromatic rings. The molecule has 3 aromatic carbocycles. The topological polar surface area (TPSA) is 36.1 Å². The summed E-state index contributed by atoms with van der Waals surface area (Å²) in [5, 5.41) is 2.42. The van der Waals surface area contributed by atoms with Crippen LogP contribution in [0.5, 0.6) is 0 Å². The first kappa shape index (κ1) is 15.5. The molecule has 0 saturated heterocycles. The molecule has 0 aliphatic carbocycles.